The van der Waals surface area contributed by atoms with Crippen LogP contribution in [-0.4, -0.2) is 30.6 Å². The highest BCUT2D eigenvalue weighted by Crippen LogP contribution is 2.30. The molecule has 0 radical (unpaired) electrons. The number of aromatic nitrogens is 1. The lowest BCUT2D eigenvalue weighted by Crippen LogP contribution is -2.34. The van der Waals surface area contributed by atoms with Crippen LogP contribution in [0.1, 0.15) is 31.7 Å². The highest BCUT2D eigenvalue weighted by Gasteiger charge is 2.22. The van der Waals surface area contributed by atoms with Crippen LogP contribution in [0.5, 0.6) is 5.75 Å². The number of nitrogens with one attached hydrogen (secondary N) is 2. The van der Waals surface area contributed by atoms with E-state index in [4.69, 9.17) is 4.74 Å². The Balaban J connectivity index is 0.00000150. The maximum Gasteiger partial charge on any atom is 0.225 e. The number of carbonyl (C=O) groups excluding carboxylic acids is 1. The summed E-state index contributed by atoms with van der Waals surface area (Å²) in [6, 6.07) is 11.9. The summed E-state index contributed by atoms with van der Waals surface area (Å²) in [4.78, 5) is 17.1. The number of anilines is 1. The van der Waals surface area contributed by atoms with Crippen molar-refractivity contribution in [2.75, 3.05) is 25.0 Å². The molecule has 5 nitrogen and oxygen atoms in total. The van der Waals surface area contributed by atoms with Crippen LogP contribution < -0.4 is 15.4 Å². The minimum absolute atomic E-state index is 0. The molecule has 2 aliphatic heterocycles. The molecule has 1 amide bonds. The summed E-state index contributed by atoms with van der Waals surface area (Å²) < 4.78 is 5.57. The first-order chi connectivity index (χ1) is 13.2. The average Bonchev–Trinajstić information content (AvgIpc) is 3.16. The second kappa shape index (κ2) is 10.8. The molecule has 4 rings (SSSR count). The molecule has 29 heavy (non-hydrogen) atoms. The fourth-order valence-electron chi connectivity index (χ4n) is 4.03. The summed E-state index contributed by atoms with van der Waals surface area (Å²) in [5, 5.41) is 6.41. The van der Waals surface area contributed by atoms with Gasteiger partial charge in [-0.3, -0.25) is 4.79 Å². The van der Waals surface area contributed by atoms with Crippen molar-refractivity contribution < 1.29 is 9.53 Å². The number of amides is 1. The molecule has 0 bridgehead atoms. The second-order valence-corrected chi connectivity index (χ2v) is 7.67. The van der Waals surface area contributed by atoms with Crippen LogP contribution in [0.2, 0.25) is 0 Å². The lowest BCUT2D eigenvalue weighted by atomic mass is 9.85. The molecule has 0 aliphatic carbocycles. The Morgan fingerprint density at radius 1 is 1.31 bits per heavy atom. The quantitative estimate of drug-likeness (QED) is 0.722. The number of fused-ring (bicyclic) bond motifs is 1. The normalized spacial score (nSPS) is 18.4. The Labute approximate surface area is 184 Å². The zero-order valence-corrected chi connectivity index (χ0v) is 18.3. The van der Waals surface area contributed by atoms with Gasteiger partial charge in [-0.15, -0.1) is 24.8 Å². The molecule has 2 aromatic rings. The van der Waals surface area contributed by atoms with Gasteiger partial charge in [0.1, 0.15) is 11.6 Å². The molecule has 7 heteroatoms. The van der Waals surface area contributed by atoms with E-state index in [0.717, 1.165) is 43.1 Å². The van der Waals surface area contributed by atoms with Crippen molar-refractivity contribution in [3.05, 3.63) is 42.0 Å². The van der Waals surface area contributed by atoms with Crippen LogP contribution in [0.15, 0.2) is 36.4 Å². The van der Waals surface area contributed by atoms with E-state index in [-0.39, 0.29) is 30.7 Å². The molecular weight excluding hydrogens is 409 g/mol. The third-order valence-electron chi connectivity index (χ3n) is 5.65. The third-order valence-corrected chi connectivity index (χ3v) is 5.65. The van der Waals surface area contributed by atoms with Crippen molar-refractivity contribution >= 4 is 36.5 Å². The number of hydrogen-bond donors (Lipinski definition) is 2. The third kappa shape index (κ3) is 5.84. The van der Waals surface area contributed by atoms with Crippen molar-refractivity contribution in [3.8, 4) is 17.0 Å². The molecular formula is C22H29Cl2N3O2. The van der Waals surface area contributed by atoms with Gasteiger partial charge in [0.05, 0.1) is 12.3 Å². The first-order valence-electron chi connectivity index (χ1n) is 9.93. The molecule has 2 unspecified atom stereocenters. The molecule has 1 fully saturated rings. The standard InChI is InChI=1S/C22H27N3O2.2ClH/c1-15(18-4-3-10-23-14-18)12-22(26)25-21-6-2-5-19(24-21)16-7-8-20-17(13-16)9-11-27-20;;/h2,5-8,13,15,18,23H,3-4,9-12,14H2,1H3,(H,24,25,26);2*1H. The van der Waals surface area contributed by atoms with Gasteiger partial charge >= 0.3 is 0 Å². The molecule has 0 spiro atoms. The highest BCUT2D eigenvalue weighted by molar-refractivity contribution is 5.90. The molecule has 0 saturated carbocycles. The van der Waals surface area contributed by atoms with Gasteiger partial charge < -0.3 is 15.4 Å². The largest absolute Gasteiger partial charge is 0.493 e. The van der Waals surface area contributed by atoms with Crippen LogP contribution in [0.4, 0.5) is 5.82 Å². The molecule has 2 atom stereocenters. The molecule has 1 saturated heterocycles. The molecule has 1 aromatic heterocycles. The Hall–Kier alpha value is -1.82. The van der Waals surface area contributed by atoms with E-state index in [0.29, 0.717) is 24.1 Å². The first kappa shape index (κ1) is 23.5. The number of piperidine rings is 1. The monoisotopic (exact) mass is 437 g/mol. The molecule has 158 valence electrons. The first-order valence-corrected chi connectivity index (χ1v) is 9.93. The number of ether oxygens (including phenoxy) is 1. The minimum Gasteiger partial charge on any atom is -0.493 e. The predicted octanol–water partition coefficient (Wildman–Crippen LogP) is 4.49. The van der Waals surface area contributed by atoms with Gasteiger partial charge in [0.15, 0.2) is 0 Å². The highest BCUT2D eigenvalue weighted by atomic mass is 35.5. The second-order valence-electron chi connectivity index (χ2n) is 7.67. The van der Waals surface area contributed by atoms with Crippen LogP contribution >= 0.6 is 24.8 Å². The van der Waals surface area contributed by atoms with E-state index >= 15 is 0 Å². The van der Waals surface area contributed by atoms with E-state index in [1.165, 1.54) is 18.4 Å². The topological polar surface area (TPSA) is 63.2 Å². The van der Waals surface area contributed by atoms with Crippen molar-refractivity contribution in [3.63, 3.8) is 0 Å². The Morgan fingerprint density at radius 2 is 2.17 bits per heavy atom. The predicted molar refractivity (Wildman–Crippen MR) is 121 cm³/mol. The fourth-order valence-corrected chi connectivity index (χ4v) is 4.03. The maximum atomic E-state index is 12.5. The number of halogens is 2. The van der Waals surface area contributed by atoms with Crippen LogP contribution in [-0.2, 0) is 11.2 Å². The maximum absolute atomic E-state index is 12.5. The number of rotatable bonds is 5. The zero-order chi connectivity index (χ0) is 18.6. The van der Waals surface area contributed by atoms with E-state index in [2.05, 4.69) is 28.6 Å². The molecule has 2 aliphatic rings. The Morgan fingerprint density at radius 3 is 2.97 bits per heavy atom. The van der Waals surface area contributed by atoms with Crippen LogP contribution in [0.25, 0.3) is 11.3 Å². The summed E-state index contributed by atoms with van der Waals surface area (Å²) >= 11 is 0. The van der Waals surface area contributed by atoms with Gasteiger partial charge in [-0.05, 0) is 73.7 Å². The average molecular weight is 438 g/mol. The molecule has 3 heterocycles. The number of carbonyl (C=O) groups is 1. The smallest absolute Gasteiger partial charge is 0.225 e. The summed E-state index contributed by atoms with van der Waals surface area (Å²) in [5.41, 5.74) is 3.14. The van der Waals surface area contributed by atoms with Gasteiger partial charge in [0.25, 0.3) is 0 Å². The van der Waals surface area contributed by atoms with Gasteiger partial charge in [0.2, 0.25) is 5.91 Å². The van der Waals surface area contributed by atoms with Crippen molar-refractivity contribution in [2.45, 2.75) is 32.6 Å². The number of hydrogen-bond acceptors (Lipinski definition) is 4. The number of pyridine rings is 1. The molecule has 2 N–H and O–H groups in total. The van der Waals surface area contributed by atoms with Gasteiger partial charge in [-0.1, -0.05) is 13.0 Å². The van der Waals surface area contributed by atoms with E-state index in [1.807, 2.05) is 30.3 Å². The van der Waals surface area contributed by atoms with E-state index in [1.54, 1.807) is 0 Å². The SMILES string of the molecule is CC(CC(=O)Nc1cccc(-c2ccc3c(c2)CCO3)n1)C1CCCNC1.Cl.Cl. The number of benzene rings is 1. The van der Waals surface area contributed by atoms with Gasteiger partial charge in [0, 0.05) is 18.4 Å². The Kier molecular flexibility index (Phi) is 8.75. The summed E-state index contributed by atoms with van der Waals surface area (Å²) in [5.74, 6) is 2.58. The van der Waals surface area contributed by atoms with E-state index < -0.39 is 0 Å². The summed E-state index contributed by atoms with van der Waals surface area (Å²) in [6.45, 7) is 5.04. The van der Waals surface area contributed by atoms with Gasteiger partial charge in [-0.25, -0.2) is 4.98 Å². The minimum atomic E-state index is 0. The number of nitrogens with zero attached hydrogens (tertiary/aromatic N) is 1. The van der Waals surface area contributed by atoms with Crippen LogP contribution in [0.3, 0.4) is 0 Å². The lowest BCUT2D eigenvalue weighted by molar-refractivity contribution is -0.117. The lowest BCUT2D eigenvalue weighted by Gasteiger charge is -2.27. The van der Waals surface area contributed by atoms with Crippen LogP contribution in [0, 0.1) is 11.8 Å². The summed E-state index contributed by atoms with van der Waals surface area (Å²) in [6.07, 6.45) is 3.88. The van der Waals surface area contributed by atoms with E-state index in [9.17, 15) is 4.79 Å². The molecule has 1 aromatic carbocycles. The summed E-state index contributed by atoms with van der Waals surface area (Å²) in [7, 11) is 0. The van der Waals surface area contributed by atoms with Crippen molar-refractivity contribution in [1.82, 2.24) is 10.3 Å². The zero-order valence-electron chi connectivity index (χ0n) is 16.6. The van der Waals surface area contributed by atoms with Crippen molar-refractivity contribution in [2.24, 2.45) is 11.8 Å². The fraction of sp³-hybridized carbons (Fsp3) is 0.455. The Bertz CT molecular complexity index is 825. The van der Waals surface area contributed by atoms with Gasteiger partial charge in [-0.2, -0.15) is 0 Å². The van der Waals surface area contributed by atoms with Crippen molar-refractivity contribution in [1.29, 1.82) is 0 Å².